The molecule has 0 radical (unpaired) electrons. The fourth-order valence-electron chi connectivity index (χ4n) is 19.9. The van der Waals surface area contributed by atoms with Gasteiger partial charge in [0.25, 0.3) is 0 Å². The lowest BCUT2D eigenvalue weighted by molar-refractivity contribution is 0.592. The molecule has 25 rings (SSSR count). The molecule has 0 aliphatic rings. The van der Waals surface area contributed by atoms with Crippen LogP contribution in [0.4, 0.5) is 0 Å². The minimum absolute atomic E-state index is 0.0737. The average Bonchev–Trinajstić information content (AvgIpc) is 1.53. The van der Waals surface area contributed by atoms with Crippen LogP contribution in [0.15, 0.2) is 320 Å². The minimum atomic E-state index is -0.0737. The lowest BCUT2D eigenvalue weighted by atomic mass is 9.84. The molecule has 0 aliphatic heterocycles. The molecule has 0 aliphatic carbocycles. The SMILES string of the molecule is CC(C)(C)c1cc2c3c(-c4ccc5ccc6c(c5c4)c4cc(-c5c7ccccc7c(-c7ccccc7)c7ccccc57)cc5c7cc(-c8ccc9c(ccc%10c9c9cc(-c%11cccc%12c%11oc%11ccccc%11%12)cc%11c%12ccccc%12n%10c%119)c8)ccc7n6c54)cccc3n3c4ccc5ccccc5c4c(c1)c23. The molecule has 0 spiro atoms. The molecule has 0 saturated carbocycles. The Morgan fingerprint density at radius 3 is 1.40 bits per heavy atom. The van der Waals surface area contributed by atoms with Gasteiger partial charge in [0.15, 0.2) is 0 Å². The van der Waals surface area contributed by atoms with Gasteiger partial charge in [0.05, 0.1) is 49.7 Å². The Bertz CT molecular complexity index is 8180. The van der Waals surface area contributed by atoms with E-state index in [9.17, 15) is 0 Å². The molecule has 0 amide bonds. The van der Waals surface area contributed by atoms with Crippen molar-refractivity contribution in [3.05, 3.63) is 321 Å². The Hall–Kier alpha value is -13.5. The van der Waals surface area contributed by atoms with Gasteiger partial charge in [-0.1, -0.05) is 239 Å². The molecular formula is C102H61N3O. The van der Waals surface area contributed by atoms with Gasteiger partial charge in [-0.25, -0.2) is 0 Å². The summed E-state index contributed by atoms with van der Waals surface area (Å²) in [5.41, 5.74) is 26.2. The number of furan rings is 1. The van der Waals surface area contributed by atoms with Gasteiger partial charge in [-0.2, -0.15) is 0 Å². The van der Waals surface area contributed by atoms with Crippen molar-refractivity contribution in [1.29, 1.82) is 0 Å². The molecule has 0 bridgehead atoms. The highest BCUT2D eigenvalue weighted by molar-refractivity contribution is 6.35. The van der Waals surface area contributed by atoms with E-state index in [4.69, 9.17) is 4.42 Å². The molecule has 0 N–H and O–H groups in total. The molecule has 490 valence electrons. The largest absolute Gasteiger partial charge is 0.455 e. The predicted molar refractivity (Wildman–Crippen MR) is 451 cm³/mol. The van der Waals surface area contributed by atoms with Crippen molar-refractivity contribution < 1.29 is 4.42 Å². The second kappa shape index (κ2) is 20.2. The number of para-hydroxylation sites is 3. The number of hydrogen-bond acceptors (Lipinski definition) is 1. The van der Waals surface area contributed by atoms with Crippen LogP contribution in [0.3, 0.4) is 0 Å². The standard InChI is InChI=1S/C102H61N3O/c1-102(2,3)65-54-83-94-66-22-8-7-19-56(66)38-44-89(94)105-87-33-18-29-67(95(87)84(55-65)100(83)105)62-36-35-57-39-45-90-97(77(57)49-62)82-53-64(93-74-27-11-9-25-72(74)92(58-20-5-4-6-21-58)73-26-10-12-28-75(73)93)52-80-78-48-60(40-43-86(78)104(90)99(80)82)59-37-42-68-61(47-59)41-46-88-96(68)81-51-63(50-79-70-23-13-15-32-85(70)103(88)98(79)81)69-30-17-31-76-71-24-14-16-34-91(71)106-101(69)76/h4-55H,1-3H3. The van der Waals surface area contributed by atoms with Gasteiger partial charge >= 0.3 is 0 Å². The molecule has 18 aromatic carbocycles. The Kier molecular flexibility index (Phi) is 10.9. The van der Waals surface area contributed by atoms with Crippen LogP contribution in [0.1, 0.15) is 26.3 Å². The van der Waals surface area contributed by atoms with Crippen LogP contribution >= 0.6 is 0 Å². The van der Waals surface area contributed by atoms with Crippen molar-refractivity contribution in [2.45, 2.75) is 26.2 Å². The summed E-state index contributed by atoms with van der Waals surface area (Å²) in [5.74, 6) is 0. The van der Waals surface area contributed by atoms with Crippen LogP contribution < -0.4 is 0 Å². The van der Waals surface area contributed by atoms with E-state index in [0.717, 1.165) is 33.1 Å². The van der Waals surface area contributed by atoms with Gasteiger partial charge in [0, 0.05) is 81.0 Å². The lowest BCUT2D eigenvalue weighted by Crippen LogP contribution is -2.10. The molecule has 4 nitrogen and oxygen atoms in total. The smallest absolute Gasteiger partial charge is 0.143 e. The molecule has 4 heteroatoms. The van der Waals surface area contributed by atoms with Gasteiger partial charge < -0.3 is 17.6 Å². The van der Waals surface area contributed by atoms with E-state index in [1.54, 1.807) is 0 Å². The summed E-state index contributed by atoms with van der Waals surface area (Å²) in [4.78, 5) is 0. The topological polar surface area (TPSA) is 26.4 Å². The number of benzene rings is 18. The summed E-state index contributed by atoms with van der Waals surface area (Å²) in [5, 5.41) is 30.0. The zero-order chi connectivity index (χ0) is 69.3. The van der Waals surface area contributed by atoms with E-state index in [0.29, 0.717) is 0 Å². The number of aromatic nitrogens is 3. The molecule has 0 saturated heterocycles. The van der Waals surface area contributed by atoms with Crippen LogP contribution in [0, 0.1) is 0 Å². The van der Waals surface area contributed by atoms with E-state index in [2.05, 4.69) is 349 Å². The third-order valence-electron chi connectivity index (χ3n) is 24.5. The van der Waals surface area contributed by atoms with Gasteiger partial charge in [0.1, 0.15) is 11.2 Å². The monoisotopic (exact) mass is 1340 g/mol. The number of nitrogens with zero attached hydrogens (tertiary/aromatic N) is 3. The Balaban J connectivity index is 0.724. The first-order valence-electron chi connectivity index (χ1n) is 37.1. The Morgan fingerprint density at radius 2 is 0.660 bits per heavy atom. The number of rotatable bonds is 5. The molecule has 0 atom stereocenters. The summed E-state index contributed by atoms with van der Waals surface area (Å²) in [6.45, 7) is 7.07. The van der Waals surface area contributed by atoms with Crippen LogP contribution in [0.25, 0.3) is 246 Å². The fourth-order valence-corrected chi connectivity index (χ4v) is 19.9. The zero-order valence-electron chi connectivity index (χ0n) is 58.3. The van der Waals surface area contributed by atoms with Crippen LogP contribution in [-0.2, 0) is 5.41 Å². The third-order valence-corrected chi connectivity index (χ3v) is 24.5. The van der Waals surface area contributed by atoms with E-state index in [1.807, 2.05) is 0 Å². The van der Waals surface area contributed by atoms with Crippen LogP contribution in [-0.4, -0.2) is 13.2 Å². The molecule has 25 aromatic rings. The maximum Gasteiger partial charge on any atom is 0.143 e. The maximum atomic E-state index is 6.73. The average molecular weight is 1340 g/mol. The van der Waals surface area contributed by atoms with Crippen molar-refractivity contribution in [1.82, 2.24) is 13.2 Å². The zero-order valence-corrected chi connectivity index (χ0v) is 58.3. The Morgan fingerprint density at radius 1 is 0.226 bits per heavy atom. The summed E-state index contributed by atoms with van der Waals surface area (Å²) >= 11 is 0. The first-order valence-corrected chi connectivity index (χ1v) is 37.1. The highest BCUT2D eigenvalue weighted by atomic mass is 16.3. The highest BCUT2D eigenvalue weighted by Gasteiger charge is 2.29. The molecular weight excluding hydrogens is 1280 g/mol. The predicted octanol–water partition coefficient (Wildman–Crippen LogP) is 28.4. The van der Waals surface area contributed by atoms with Gasteiger partial charge in [0.2, 0.25) is 0 Å². The Labute approximate surface area is 606 Å². The summed E-state index contributed by atoms with van der Waals surface area (Å²) in [6.07, 6.45) is 0. The first kappa shape index (κ1) is 57.0. The normalized spacial score (nSPS) is 12.9. The maximum absolute atomic E-state index is 6.73. The van der Waals surface area contributed by atoms with Crippen molar-refractivity contribution in [2.24, 2.45) is 0 Å². The minimum Gasteiger partial charge on any atom is -0.455 e. The van der Waals surface area contributed by atoms with Crippen molar-refractivity contribution in [2.75, 3.05) is 0 Å². The van der Waals surface area contributed by atoms with Gasteiger partial charge in [-0.3, -0.25) is 0 Å². The number of hydrogen-bond donors (Lipinski definition) is 0. The molecule has 0 fully saturated rings. The van der Waals surface area contributed by atoms with E-state index in [-0.39, 0.29) is 5.41 Å². The quantitative estimate of drug-likeness (QED) is 0.158. The second-order valence-corrected chi connectivity index (χ2v) is 30.9. The third kappa shape index (κ3) is 7.37. The molecule has 7 heterocycles. The van der Waals surface area contributed by atoms with E-state index < -0.39 is 0 Å². The van der Waals surface area contributed by atoms with Crippen molar-refractivity contribution >= 4 is 190 Å². The fraction of sp³-hybridized carbons (Fsp3) is 0.0392. The number of fused-ring (bicyclic) bond motifs is 29. The summed E-state index contributed by atoms with van der Waals surface area (Å²) in [7, 11) is 0. The van der Waals surface area contributed by atoms with Gasteiger partial charge in [-0.15, -0.1) is 0 Å². The van der Waals surface area contributed by atoms with Crippen molar-refractivity contribution in [3.63, 3.8) is 0 Å². The summed E-state index contributed by atoms with van der Waals surface area (Å²) < 4.78 is 14.4. The van der Waals surface area contributed by atoms with Crippen molar-refractivity contribution in [3.8, 4) is 55.6 Å². The molecule has 0 unspecified atom stereocenters. The lowest BCUT2D eigenvalue weighted by Gasteiger charge is -2.19. The second-order valence-electron chi connectivity index (χ2n) is 30.9. The molecule has 7 aromatic heterocycles. The first-order chi connectivity index (χ1) is 52.2. The van der Waals surface area contributed by atoms with E-state index in [1.165, 1.54) is 218 Å². The summed E-state index contributed by atoms with van der Waals surface area (Å²) in [6, 6.07) is 120. The van der Waals surface area contributed by atoms with Crippen LogP contribution in [0.5, 0.6) is 0 Å². The highest BCUT2D eigenvalue weighted by Crippen LogP contribution is 2.53. The van der Waals surface area contributed by atoms with Gasteiger partial charge in [-0.05, 0) is 212 Å². The van der Waals surface area contributed by atoms with E-state index >= 15 is 0 Å². The molecule has 106 heavy (non-hydrogen) atoms. The van der Waals surface area contributed by atoms with Crippen LogP contribution in [0.2, 0.25) is 0 Å².